The van der Waals surface area contributed by atoms with Crippen molar-refractivity contribution in [2.75, 3.05) is 6.61 Å². The fraction of sp³-hybridized carbons (Fsp3) is 0.887. The number of unbranched alkanes of at least 4 members (excludes halogenated alkanes) is 44. The normalized spacial score (nSPS) is 13.4. The van der Waals surface area contributed by atoms with Crippen LogP contribution in [0.4, 0.5) is 0 Å². The number of aliphatic hydroxyl groups excluding tert-OH is 3. The molecule has 3 unspecified atom stereocenters. The van der Waals surface area contributed by atoms with Gasteiger partial charge in [-0.25, -0.2) is 0 Å². The molecule has 0 aliphatic heterocycles. The average Bonchev–Trinajstić information content (AvgIpc) is 3.33. The summed E-state index contributed by atoms with van der Waals surface area (Å²) in [6.07, 6.45) is 75.3. The molecular formula is C62H119NO4. The van der Waals surface area contributed by atoms with E-state index in [1.807, 2.05) is 6.08 Å². The third kappa shape index (κ3) is 52.2. The van der Waals surface area contributed by atoms with Crippen LogP contribution in [-0.2, 0) is 4.79 Å². The van der Waals surface area contributed by atoms with Crippen LogP contribution in [-0.4, -0.2) is 46.1 Å². The Hall–Kier alpha value is -1.43. The summed E-state index contributed by atoms with van der Waals surface area (Å²) in [5.41, 5.74) is 0. The van der Waals surface area contributed by atoms with Crippen LogP contribution in [0.5, 0.6) is 0 Å². The molecule has 3 atom stereocenters. The Morgan fingerprint density at radius 3 is 0.910 bits per heavy atom. The molecule has 396 valence electrons. The van der Waals surface area contributed by atoms with Crippen LogP contribution in [0.1, 0.15) is 328 Å². The van der Waals surface area contributed by atoms with Crippen LogP contribution in [0, 0.1) is 0 Å². The molecule has 1 amide bonds. The SMILES string of the molecule is CCCCCCCCCCCCCC/C=C\CCCCCCCCCCCCCCC(O)C(=O)NC(CO)C(O)/C=C/CC/C=C/CCCCCCCCCCCCCCCCCCCCC. The summed E-state index contributed by atoms with van der Waals surface area (Å²) in [4.78, 5) is 12.6. The molecule has 0 rings (SSSR count). The van der Waals surface area contributed by atoms with E-state index < -0.39 is 24.2 Å². The molecule has 5 nitrogen and oxygen atoms in total. The number of carbonyl (C=O) groups is 1. The number of hydrogen-bond donors (Lipinski definition) is 4. The van der Waals surface area contributed by atoms with Crippen molar-refractivity contribution >= 4 is 5.91 Å². The fourth-order valence-electron chi connectivity index (χ4n) is 9.49. The standard InChI is InChI=1S/C62H119NO4/c1-3-5-7-9-11-13-15-17-19-21-23-25-27-29-30-31-33-35-37-39-41-43-45-47-49-51-53-55-57-61(66)62(67)63-59(58-64)60(65)56-54-52-50-48-46-44-42-40-38-36-34-32-28-26-24-22-20-18-16-14-12-10-8-6-4-2/h29-30,46,48,54,56,59-61,64-66H,3-28,31-45,47,49-53,55,57-58H2,1-2H3,(H,63,67)/b30-29-,48-46+,56-54+. The van der Waals surface area contributed by atoms with E-state index in [-0.39, 0.29) is 6.61 Å². The van der Waals surface area contributed by atoms with Crippen LogP contribution in [0.15, 0.2) is 36.5 Å². The maximum Gasteiger partial charge on any atom is 0.249 e. The van der Waals surface area contributed by atoms with Crippen LogP contribution >= 0.6 is 0 Å². The fourth-order valence-corrected chi connectivity index (χ4v) is 9.49. The second kappa shape index (κ2) is 57.2. The average molecular weight is 943 g/mol. The summed E-state index contributed by atoms with van der Waals surface area (Å²) in [7, 11) is 0. The lowest BCUT2D eigenvalue weighted by molar-refractivity contribution is -0.131. The van der Waals surface area contributed by atoms with Gasteiger partial charge in [0, 0.05) is 0 Å². The number of allylic oxidation sites excluding steroid dienone is 5. The van der Waals surface area contributed by atoms with Crippen LogP contribution in [0.25, 0.3) is 0 Å². The molecule has 0 saturated heterocycles. The molecule has 5 heteroatoms. The van der Waals surface area contributed by atoms with Gasteiger partial charge in [0.05, 0.1) is 18.8 Å². The van der Waals surface area contributed by atoms with Crippen molar-refractivity contribution in [3.8, 4) is 0 Å². The molecule has 0 aromatic carbocycles. The van der Waals surface area contributed by atoms with Crippen molar-refractivity contribution in [1.82, 2.24) is 5.32 Å². The molecule has 4 N–H and O–H groups in total. The number of aliphatic hydroxyl groups is 3. The Morgan fingerprint density at radius 2 is 0.612 bits per heavy atom. The lowest BCUT2D eigenvalue weighted by Crippen LogP contribution is -2.48. The minimum absolute atomic E-state index is 0.375. The Morgan fingerprint density at radius 1 is 0.358 bits per heavy atom. The topological polar surface area (TPSA) is 89.8 Å². The van der Waals surface area contributed by atoms with Gasteiger partial charge >= 0.3 is 0 Å². The summed E-state index contributed by atoms with van der Waals surface area (Å²) in [5.74, 6) is -0.509. The summed E-state index contributed by atoms with van der Waals surface area (Å²) in [5, 5.41) is 33.4. The van der Waals surface area contributed by atoms with E-state index in [4.69, 9.17) is 0 Å². The van der Waals surface area contributed by atoms with Crippen molar-refractivity contribution in [2.45, 2.75) is 347 Å². The van der Waals surface area contributed by atoms with E-state index in [0.717, 1.165) is 38.5 Å². The van der Waals surface area contributed by atoms with Gasteiger partial charge in [-0.1, -0.05) is 307 Å². The highest BCUT2D eigenvalue weighted by Crippen LogP contribution is 2.18. The number of hydrogen-bond acceptors (Lipinski definition) is 4. The van der Waals surface area contributed by atoms with Gasteiger partial charge in [0.1, 0.15) is 6.10 Å². The second-order valence-electron chi connectivity index (χ2n) is 20.9. The first-order valence-corrected chi connectivity index (χ1v) is 30.3. The molecule has 0 aliphatic rings. The smallest absolute Gasteiger partial charge is 0.249 e. The van der Waals surface area contributed by atoms with Gasteiger partial charge in [0.15, 0.2) is 0 Å². The predicted molar refractivity (Wildman–Crippen MR) is 296 cm³/mol. The van der Waals surface area contributed by atoms with Gasteiger partial charge in [0.2, 0.25) is 5.91 Å². The Kier molecular flexibility index (Phi) is 55.9. The van der Waals surface area contributed by atoms with Gasteiger partial charge in [-0.05, 0) is 57.8 Å². The third-order valence-electron chi connectivity index (χ3n) is 14.2. The molecule has 0 heterocycles. The van der Waals surface area contributed by atoms with Gasteiger partial charge < -0.3 is 20.6 Å². The summed E-state index contributed by atoms with van der Waals surface area (Å²) < 4.78 is 0. The van der Waals surface area contributed by atoms with Crippen molar-refractivity contribution in [3.05, 3.63) is 36.5 Å². The Balaban J connectivity index is 3.58. The number of carbonyl (C=O) groups excluding carboxylic acids is 1. The summed E-state index contributed by atoms with van der Waals surface area (Å²) in [6, 6.07) is -0.816. The molecule has 0 saturated carbocycles. The van der Waals surface area contributed by atoms with E-state index in [1.54, 1.807) is 6.08 Å². The van der Waals surface area contributed by atoms with E-state index in [0.29, 0.717) is 6.42 Å². The van der Waals surface area contributed by atoms with Crippen LogP contribution in [0.3, 0.4) is 0 Å². The first kappa shape index (κ1) is 65.6. The predicted octanol–water partition coefficient (Wildman–Crippen LogP) is 19.0. The maximum absolute atomic E-state index is 12.6. The van der Waals surface area contributed by atoms with E-state index in [2.05, 4.69) is 43.5 Å². The van der Waals surface area contributed by atoms with E-state index >= 15 is 0 Å². The molecule has 0 aromatic heterocycles. The van der Waals surface area contributed by atoms with Gasteiger partial charge in [-0.3, -0.25) is 4.79 Å². The first-order valence-electron chi connectivity index (χ1n) is 30.3. The minimum Gasteiger partial charge on any atom is -0.394 e. The van der Waals surface area contributed by atoms with Crippen molar-refractivity contribution in [2.24, 2.45) is 0 Å². The van der Waals surface area contributed by atoms with Crippen molar-refractivity contribution < 1.29 is 20.1 Å². The number of nitrogens with one attached hydrogen (secondary N) is 1. The quantitative estimate of drug-likeness (QED) is 0.0361. The summed E-state index contributed by atoms with van der Waals surface area (Å²) >= 11 is 0. The highest BCUT2D eigenvalue weighted by atomic mass is 16.3. The molecule has 0 spiro atoms. The monoisotopic (exact) mass is 942 g/mol. The third-order valence-corrected chi connectivity index (χ3v) is 14.2. The van der Waals surface area contributed by atoms with E-state index in [9.17, 15) is 20.1 Å². The lowest BCUT2D eigenvalue weighted by Gasteiger charge is -2.21. The highest BCUT2D eigenvalue weighted by molar-refractivity contribution is 5.80. The highest BCUT2D eigenvalue weighted by Gasteiger charge is 2.22. The second-order valence-corrected chi connectivity index (χ2v) is 20.9. The maximum atomic E-state index is 12.6. The Labute approximate surface area is 419 Å². The zero-order valence-electron chi connectivity index (χ0n) is 45.3. The lowest BCUT2D eigenvalue weighted by atomic mass is 10.0. The molecule has 0 radical (unpaired) electrons. The zero-order valence-corrected chi connectivity index (χ0v) is 45.3. The molecule has 67 heavy (non-hydrogen) atoms. The number of rotatable bonds is 56. The molecule has 0 aromatic rings. The minimum atomic E-state index is -1.11. The van der Waals surface area contributed by atoms with Crippen LogP contribution < -0.4 is 5.32 Å². The molecule has 0 fully saturated rings. The van der Waals surface area contributed by atoms with Crippen molar-refractivity contribution in [1.29, 1.82) is 0 Å². The van der Waals surface area contributed by atoms with E-state index in [1.165, 1.54) is 270 Å². The first-order chi connectivity index (χ1) is 33.1. The zero-order chi connectivity index (χ0) is 48.6. The van der Waals surface area contributed by atoms with Crippen LogP contribution in [0.2, 0.25) is 0 Å². The molecule has 0 aliphatic carbocycles. The summed E-state index contributed by atoms with van der Waals surface area (Å²) in [6.45, 7) is 4.21. The largest absolute Gasteiger partial charge is 0.394 e. The molecular weight excluding hydrogens is 823 g/mol. The Bertz CT molecular complexity index is 1040. The van der Waals surface area contributed by atoms with Gasteiger partial charge in [-0.15, -0.1) is 0 Å². The van der Waals surface area contributed by atoms with Crippen molar-refractivity contribution in [3.63, 3.8) is 0 Å². The number of amides is 1. The van der Waals surface area contributed by atoms with Gasteiger partial charge in [-0.2, -0.15) is 0 Å². The van der Waals surface area contributed by atoms with Gasteiger partial charge in [0.25, 0.3) is 0 Å². The molecule has 0 bridgehead atoms.